The van der Waals surface area contributed by atoms with Gasteiger partial charge in [-0.1, -0.05) is 0 Å². The molecule has 3 nitrogen and oxygen atoms in total. The molecule has 2 rings (SSSR count). The number of benzene rings is 1. The fourth-order valence-corrected chi connectivity index (χ4v) is 1.10. The highest BCUT2D eigenvalue weighted by molar-refractivity contribution is 5.99. The number of hydrogen-bond acceptors (Lipinski definition) is 3. The molecule has 5 heteroatoms. The first kappa shape index (κ1) is 8.93. The number of carbonyl (C=O) groups excluding carboxylic acids is 1. The summed E-state index contributed by atoms with van der Waals surface area (Å²) in [5.41, 5.74) is 0.0880. The second-order valence-electron chi connectivity index (χ2n) is 2.69. The number of alkyl halides is 2. The number of carbonyl (C=O) groups is 1. The maximum atomic E-state index is 12.5. The van der Waals surface area contributed by atoms with Crippen LogP contribution in [0.3, 0.4) is 0 Å². The van der Waals surface area contributed by atoms with Crippen LogP contribution in [0.4, 0.5) is 8.78 Å². The lowest BCUT2D eigenvalue weighted by atomic mass is 10.1. The molecule has 1 aromatic carbocycles. The number of Topliss-reactive ketones (excluding diaryl/α,β-unsaturated/α-hetero) is 1. The van der Waals surface area contributed by atoms with Gasteiger partial charge in [0.15, 0.2) is 17.3 Å². The average molecular weight is 198 g/mol. The Kier molecular flexibility index (Phi) is 1.70. The van der Waals surface area contributed by atoms with Crippen molar-refractivity contribution in [3.05, 3.63) is 30.7 Å². The Balaban J connectivity index is 2.40. The summed E-state index contributed by atoms with van der Waals surface area (Å²) in [6.07, 6.45) is -3.67. The zero-order valence-electron chi connectivity index (χ0n) is 6.79. The van der Waals surface area contributed by atoms with E-state index in [0.717, 1.165) is 6.07 Å². The van der Waals surface area contributed by atoms with Crippen molar-refractivity contribution in [2.75, 3.05) is 0 Å². The van der Waals surface area contributed by atoms with Crippen molar-refractivity contribution in [3.8, 4) is 11.5 Å². The van der Waals surface area contributed by atoms with Crippen molar-refractivity contribution in [2.45, 2.75) is 6.29 Å². The van der Waals surface area contributed by atoms with Crippen molar-refractivity contribution in [2.24, 2.45) is 0 Å². The van der Waals surface area contributed by atoms with Crippen LogP contribution < -0.4 is 9.47 Å². The molecule has 2 radical (unpaired) electrons. The Morgan fingerprint density at radius 2 is 1.93 bits per heavy atom. The van der Waals surface area contributed by atoms with E-state index in [0.29, 0.717) is 0 Å². The molecule has 0 amide bonds. The summed E-state index contributed by atoms with van der Waals surface area (Å²) in [6, 6.07) is 3.60. The molecular formula is C9H4F2O3. The molecule has 0 bridgehead atoms. The van der Waals surface area contributed by atoms with Crippen LogP contribution in [0.2, 0.25) is 0 Å². The van der Waals surface area contributed by atoms with Gasteiger partial charge >= 0.3 is 6.29 Å². The smallest absolute Gasteiger partial charge is 0.395 e. The molecule has 0 N–H and O–H groups in total. The normalized spacial score (nSPS) is 16.8. The van der Waals surface area contributed by atoms with Gasteiger partial charge in [0.05, 0.1) is 0 Å². The molecule has 0 aliphatic carbocycles. The van der Waals surface area contributed by atoms with E-state index in [1.54, 1.807) is 0 Å². The fourth-order valence-electron chi connectivity index (χ4n) is 1.10. The first-order valence-corrected chi connectivity index (χ1v) is 3.68. The molecule has 0 saturated heterocycles. The third-order valence-corrected chi connectivity index (χ3v) is 1.69. The van der Waals surface area contributed by atoms with E-state index < -0.39 is 12.1 Å². The predicted octanol–water partition coefficient (Wildman–Crippen LogP) is 1.90. The first-order chi connectivity index (χ1) is 6.48. The summed E-state index contributed by atoms with van der Waals surface area (Å²) in [5, 5.41) is 0. The second kappa shape index (κ2) is 2.67. The third-order valence-electron chi connectivity index (χ3n) is 1.69. The molecule has 1 heterocycles. The molecule has 1 aliphatic rings. The van der Waals surface area contributed by atoms with Gasteiger partial charge in [0.2, 0.25) is 0 Å². The van der Waals surface area contributed by atoms with E-state index >= 15 is 0 Å². The van der Waals surface area contributed by atoms with Gasteiger partial charge in [-0.05, 0) is 18.2 Å². The van der Waals surface area contributed by atoms with Gasteiger partial charge in [-0.2, -0.15) is 0 Å². The average Bonchev–Trinajstić information content (AvgIpc) is 2.36. The second-order valence-corrected chi connectivity index (χ2v) is 2.69. The number of rotatable bonds is 1. The maximum Gasteiger partial charge on any atom is 0.586 e. The standard InChI is InChI=1S/C9H4F2O3/c1-5(12)6-2-3-7-8(4-6)14-9(10,11)13-7/h1-4H. The number of ether oxygens (including phenoxy) is 2. The molecular weight excluding hydrogens is 194 g/mol. The van der Waals surface area contributed by atoms with Crippen LogP contribution in [0.15, 0.2) is 18.2 Å². The van der Waals surface area contributed by atoms with Crippen LogP contribution in [0.1, 0.15) is 10.4 Å². The molecule has 0 fully saturated rings. The van der Waals surface area contributed by atoms with E-state index in [1.807, 2.05) is 0 Å². The van der Waals surface area contributed by atoms with Crippen molar-refractivity contribution >= 4 is 5.78 Å². The number of halogens is 2. The van der Waals surface area contributed by atoms with Gasteiger partial charge < -0.3 is 9.47 Å². The molecule has 14 heavy (non-hydrogen) atoms. The van der Waals surface area contributed by atoms with E-state index in [2.05, 4.69) is 9.47 Å². The SMILES string of the molecule is [CH]C(=O)c1ccc2c(c1)OC(F)(F)O2. The van der Waals surface area contributed by atoms with Crippen molar-refractivity contribution < 1.29 is 23.0 Å². The van der Waals surface area contributed by atoms with Crippen molar-refractivity contribution in [3.63, 3.8) is 0 Å². The Bertz CT molecular complexity index is 401. The Hall–Kier alpha value is -1.65. The van der Waals surface area contributed by atoms with Gasteiger partial charge in [0, 0.05) is 12.5 Å². The van der Waals surface area contributed by atoms with Gasteiger partial charge in [-0.3, -0.25) is 4.79 Å². The maximum absolute atomic E-state index is 12.5. The largest absolute Gasteiger partial charge is 0.586 e. The molecule has 1 aromatic rings. The van der Waals surface area contributed by atoms with Crippen molar-refractivity contribution in [1.29, 1.82) is 0 Å². The highest BCUT2D eigenvalue weighted by Gasteiger charge is 2.43. The summed E-state index contributed by atoms with van der Waals surface area (Å²) in [6.45, 7) is 4.95. The summed E-state index contributed by atoms with van der Waals surface area (Å²) >= 11 is 0. The topological polar surface area (TPSA) is 35.5 Å². The molecule has 0 atom stereocenters. The minimum absolute atomic E-state index is 0.0880. The number of fused-ring (bicyclic) bond motifs is 1. The van der Waals surface area contributed by atoms with E-state index in [1.165, 1.54) is 12.1 Å². The van der Waals surface area contributed by atoms with Gasteiger partial charge in [-0.25, -0.2) is 0 Å². The lowest BCUT2D eigenvalue weighted by Crippen LogP contribution is -2.25. The number of ketones is 1. The highest BCUT2D eigenvalue weighted by atomic mass is 19.3. The highest BCUT2D eigenvalue weighted by Crippen LogP contribution is 2.41. The summed E-state index contributed by atoms with van der Waals surface area (Å²) < 4.78 is 33.3. The molecule has 0 saturated carbocycles. The summed E-state index contributed by atoms with van der Waals surface area (Å²) in [7, 11) is 0. The van der Waals surface area contributed by atoms with Gasteiger partial charge in [-0.15, -0.1) is 8.78 Å². The van der Waals surface area contributed by atoms with Crippen molar-refractivity contribution in [1.82, 2.24) is 0 Å². The minimum Gasteiger partial charge on any atom is -0.395 e. The Morgan fingerprint density at radius 1 is 1.29 bits per heavy atom. The molecule has 0 unspecified atom stereocenters. The zero-order chi connectivity index (χ0) is 10.3. The molecule has 1 aliphatic heterocycles. The lowest BCUT2D eigenvalue weighted by Gasteiger charge is -2.04. The van der Waals surface area contributed by atoms with Crippen LogP contribution in [-0.4, -0.2) is 12.1 Å². The molecule has 0 aromatic heterocycles. The van der Waals surface area contributed by atoms with Gasteiger partial charge in [0.1, 0.15) is 0 Å². The third kappa shape index (κ3) is 1.41. The van der Waals surface area contributed by atoms with Gasteiger partial charge in [0.25, 0.3) is 0 Å². The summed E-state index contributed by atoms with van der Waals surface area (Å²) in [5.74, 6) is -1.02. The van der Waals surface area contributed by atoms with Crippen LogP contribution in [0, 0.1) is 6.92 Å². The first-order valence-electron chi connectivity index (χ1n) is 3.68. The van der Waals surface area contributed by atoms with E-state index in [-0.39, 0.29) is 17.1 Å². The minimum atomic E-state index is -3.67. The van der Waals surface area contributed by atoms with Crippen LogP contribution in [0.25, 0.3) is 0 Å². The van der Waals surface area contributed by atoms with E-state index in [4.69, 9.17) is 6.92 Å². The zero-order valence-corrected chi connectivity index (χ0v) is 6.79. The summed E-state index contributed by atoms with van der Waals surface area (Å²) in [4.78, 5) is 10.7. The van der Waals surface area contributed by atoms with E-state index in [9.17, 15) is 13.6 Å². The van der Waals surface area contributed by atoms with Crippen LogP contribution >= 0.6 is 0 Å². The Labute approximate surface area is 78.2 Å². The number of hydrogen-bond donors (Lipinski definition) is 0. The monoisotopic (exact) mass is 198 g/mol. The fraction of sp³-hybridized carbons (Fsp3) is 0.111. The molecule has 0 spiro atoms. The Morgan fingerprint density at radius 3 is 2.57 bits per heavy atom. The lowest BCUT2D eigenvalue weighted by molar-refractivity contribution is -0.286. The molecule has 72 valence electrons. The van der Waals surface area contributed by atoms with Crippen LogP contribution in [0.5, 0.6) is 11.5 Å². The predicted molar refractivity (Wildman–Crippen MR) is 41.3 cm³/mol. The quantitative estimate of drug-likeness (QED) is 0.646. The van der Waals surface area contributed by atoms with Crippen LogP contribution in [-0.2, 0) is 0 Å².